The number of methoxy groups -OCH3 is 1. The van der Waals surface area contributed by atoms with Gasteiger partial charge in [0.15, 0.2) is 5.82 Å². The van der Waals surface area contributed by atoms with Gasteiger partial charge in [0.1, 0.15) is 6.04 Å². The standard InChI is InChI=1S/C26H30N8O4/c1-17-14-18(2)23-19(15-17)16-22(26(35)27-23)24(25-28-29-30-33(25)12-13-38-3)32-10-8-31(9-11-32)20-4-6-21(7-5-20)34(36)37/h4-7,14-16,24H,8-13H2,1-3H3,(H,27,35)/t24-/m0/s1. The number of aromatic nitrogens is 5. The first kappa shape index (κ1) is 25.5. The minimum Gasteiger partial charge on any atom is -0.383 e. The van der Waals surface area contributed by atoms with E-state index >= 15 is 0 Å². The van der Waals surface area contributed by atoms with Gasteiger partial charge < -0.3 is 14.6 Å². The van der Waals surface area contributed by atoms with E-state index in [-0.39, 0.29) is 11.2 Å². The Labute approximate surface area is 219 Å². The molecule has 0 bridgehead atoms. The summed E-state index contributed by atoms with van der Waals surface area (Å²) in [5.74, 6) is 0.583. The van der Waals surface area contributed by atoms with Crippen LogP contribution in [0.3, 0.4) is 0 Å². The molecule has 5 rings (SSSR count). The van der Waals surface area contributed by atoms with Crippen molar-refractivity contribution in [1.29, 1.82) is 0 Å². The van der Waals surface area contributed by atoms with Crippen molar-refractivity contribution < 1.29 is 9.66 Å². The number of nitro benzene ring substituents is 1. The van der Waals surface area contributed by atoms with E-state index in [1.54, 1.807) is 23.9 Å². The zero-order chi connectivity index (χ0) is 26.8. The van der Waals surface area contributed by atoms with Crippen LogP contribution < -0.4 is 10.5 Å². The Bertz CT molecular complexity index is 1510. The molecule has 1 aliphatic rings. The van der Waals surface area contributed by atoms with Gasteiger partial charge in [-0.05, 0) is 59.5 Å². The molecule has 4 aromatic rings. The molecule has 1 fully saturated rings. The van der Waals surface area contributed by atoms with Crippen molar-refractivity contribution in [1.82, 2.24) is 30.1 Å². The number of aromatic amines is 1. The van der Waals surface area contributed by atoms with Gasteiger partial charge in [0, 0.05) is 56.7 Å². The topological polar surface area (TPSA) is 135 Å². The van der Waals surface area contributed by atoms with Crippen LogP contribution in [0, 0.1) is 24.0 Å². The number of fused-ring (bicyclic) bond motifs is 1. The third kappa shape index (κ3) is 5.00. The number of hydrogen-bond donors (Lipinski definition) is 1. The number of rotatable bonds is 8. The number of nitro groups is 1. The van der Waals surface area contributed by atoms with Gasteiger partial charge in [0.2, 0.25) is 0 Å². The minimum absolute atomic E-state index is 0.0661. The normalized spacial score (nSPS) is 15.2. The molecule has 38 heavy (non-hydrogen) atoms. The smallest absolute Gasteiger partial charge is 0.269 e. The number of aryl methyl sites for hydroxylation is 2. The summed E-state index contributed by atoms with van der Waals surface area (Å²) < 4.78 is 6.94. The average molecular weight is 519 g/mol. The summed E-state index contributed by atoms with van der Waals surface area (Å²) in [5.41, 5.74) is 4.36. The molecule has 12 nitrogen and oxygen atoms in total. The lowest BCUT2D eigenvalue weighted by molar-refractivity contribution is -0.384. The molecule has 0 saturated carbocycles. The Hall–Kier alpha value is -4.16. The zero-order valence-corrected chi connectivity index (χ0v) is 21.6. The third-order valence-corrected chi connectivity index (χ3v) is 7.03. The second kappa shape index (κ2) is 10.7. The molecule has 2 aromatic heterocycles. The summed E-state index contributed by atoms with van der Waals surface area (Å²) >= 11 is 0. The summed E-state index contributed by atoms with van der Waals surface area (Å²) in [6.45, 7) is 7.57. The first-order chi connectivity index (χ1) is 18.4. The maximum absolute atomic E-state index is 13.5. The number of pyridine rings is 1. The molecule has 0 amide bonds. The van der Waals surface area contributed by atoms with Crippen LogP contribution in [-0.2, 0) is 11.3 Å². The second-order valence-electron chi connectivity index (χ2n) is 9.55. The van der Waals surface area contributed by atoms with Crippen molar-refractivity contribution in [3.8, 4) is 0 Å². The Morgan fingerprint density at radius 3 is 2.53 bits per heavy atom. The molecule has 0 aliphatic carbocycles. The molecule has 3 heterocycles. The fourth-order valence-corrected chi connectivity index (χ4v) is 5.17. The van der Waals surface area contributed by atoms with Crippen molar-refractivity contribution in [3.63, 3.8) is 0 Å². The number of nitrogens with zero attached hydrogens (tertiary/aromatic N) is 7. The molecule has 0 radical (unpaired) electrons. The number of benzene rings is 2. The van der Waals surface area contributed by atoms with Gasteiger partial charge in [0.05, 0.1) is 23.6 Å². The highest BCUT2D eigenvalue weighted by Crippen LogP contribution is 2.30. The van der Waals surface area contributed by atoms with Gasteiger partial charge in [-0.2, -0.15) is 0 Å². The molecule has 198 valence electrons. The Kier molecular flexibility index (Phi) is 7.16. The highest BCUT2D eigenvalue weighted by atomic mass is 16.6. The van der Waals surface area contributed by atoms with Gasteiger partial charge >= 0.3 is 0 Å². The maximum atomic E-state index is 13.5. The highest BCUT2D eigenvalue weighted by Gasteiger charge is 2.33. The lowest BCUT2D eigenvalue weighted by Gasteiger charge is -2.39. The van der Waals surface area contributed by atoms with Crippen LogP contribution in [0.5, 0.6) is 0 Å². The summed E-state index contributed by atoms with van der Waals surface area (Å²) in [5, 5.41) is 24.4. The summed E-state index contributed by atoms with van der Waals surface area (Å²) in [7, 11) is 1.62. The quantitative estimate of drug-likeness (QED) is 0.276. The van der Waals surface area contributed by atoms with E-state index in [4.69, 9.17) is 4.74 Å². The highest BCUT2D eigenvalue weighted by molar-refractivity contribution is 5.83. The number of non-ortho nitro benzene ring substituents is 1. The largest absolute Gasteiger partial charge is 0.383 e. The lowest BCUT2D eigenvalue weighted by atomic mass is 10.00. The molecule has 2 aromatic carbocycles. The van der Waals surface area contributed by atoms with E-state index in [2.05, 4.69) is 42.4 Å². The van der Waals surface area contributed by atoms with Crippen LogP contribution in [0.4, 0.5) is 11.4 Å². The predicted octanol–water partition coefficient (Wildman–Crippen LogP) is 2.60. The molecule has 12 heteroatoms. The van der Waals surface area contributed by atoms with Gasteiger partial charge in [-0.3, -0.25) is 19.8 Å². The molecule has 1 N–H and O–H groups in total. The lowest BCUT2D eigenvalue weighted by Crippen LogP contribution is -2.49. The van der Waals surface area contributed by atoms with Crippen molar-refractivity contribution in [2.75, 3.05) is 44.8 Å². The van der Waals surface area contributed by atoms with Crippen molar-refractivity contribution >= 4 is 22.3 Å². The second-order valence-corrected chi connectivity index (χ2v) is 9.55. The van der Waals surface area contributed by atoms with Crippen LogP contribution >= 0.6 is 0 Å². The predicted molar refractivity (Wildman–Crippen MR) is 142 cm³/mol. The SMILES string of the molecule is COCCn1nnnc1[C@H](c1cc2cc(C)cc(C)c2[nH]c1=O)N1CCN(c2ccc([N+](=O)[O-])cc2)CC1. The summed E-state index contributed by atoms with van der Waals surface area (Å²) in [6.07, 6.45) is 0. The first-order valence-corrected chi connectivity index (χ1v) is 12.5. The molecule has 1 atom stereocenters. The first-order valence-electron chi connectivity index (χ1n) is 12.5. The molecular formula is C26H30N8O4. The molecule has 0 spiro atoms. The van der Waals surface area contributed by atoms with E-state index < -0.39 is 11.0 Å². The van der Waals surface area contributed by atoms with Gasteiger partial charge in [0.25, 0.3) is 11.2 Å². The van der Waals surface area contributed by atoms with Crippen LogP contribution in [0.25, 0.3) is 10.9 Å². The molecule has 1 saturated heterocycles. The Balaban J connectivity index is 1.50. The maximum Gasteiger partial charge on any atom is 0.269 e. The van der Waals surface area contributed by atoms with E-state index in [0.29, 0.717) is 50.7 Å². The van der Waals surface area contributed by atoms with Crippen molar-refractivity contribution in [2.45, 2.75) is 26.4 Å². The third-order valence-electron chi connectivity index (χ3n) is 7.03. The number of anilines is 1. The van der Waals surface area contributed by atoms with Gasteiger partial charge in [-0.15, -0.1) is 5.10 Å². The fraction of sp³-hybridized carbons (Fsp3) is 0.385. The van der Waals surface area contributed by atoms with E-state index in [9.17, 15) is 14.9 Å². The Morgan fingerprint density at radius 1 is 1.11 bits per heavy atom. The van der Waals surface area contributed by atoms with E-state index in [1.165, 1.54) is 12.1 Å². The number of piperazine rings is 1. The van der Waals surface area contributed by atoms with Crippen LogP contribution in [0.1, 0.15) is 28.6 Å². The number of tetrazole rings is 1. The van der Waals surface area contributed by atoms with Crippen molar-refractivity contribution in [3.05, 3.63) is 85.4 Å². The van der Waals surface area contributed by atoms with Crippen molar-refractivity contribution in [2.24, 2.45) is 0 Å². The fourth-order valence-electron chi connectivity index (χ4n) is 5.17. The molecule has 0 unspecified atom stereocenters. The summed E-state index contributed by atoms with van der Waals surface area (Å²) in [4.78, 5) is 31.6. The zero-order valence-electron chi connectivity index (χ0n) is 21.6. The van der Waals surface area contributed by atoms with E-state index in [1.807, 2.05) is 19.9 Å². The number of nitrogens with one attached hydrogen (secondary N) is 1. The monoisotopic (exact) mass is 518 g/mol. The molecule has 1 aliphatic heterocycles. The number of H-pyrrole nitrogens is 1. The molecular weight excluding hydrogens is 488 g/mol. The van der Waals surface area contributed by atoms with Gasteiger partial charge in [-0.1, -0.05) is 11.6 Å². The van der Waals surface area contributed by atoms with Gasteiger partial charge in [-0.25, -0.2) is 4.68 Å². The number of ether oxygens (including phenoxy) is 1. The minimum atomic E-state index is -0.463. The average Bonchev–Trinajstić information content (AvgIpc) is 3.37. The summed E-state index contributed by atoms with van der Waals surface area (Å²) in [6, 6.07) is 12.2. The van der Waals surface area contributed by atoms with Crippen LogP contribution in [0.2, 0.25) is 0 Å². The van der Waals surface area contributed by atoms with Crippen LogP contribution in [-0.4, -0.2) is 74.9 Å². The number of hydrogen-bond acceptors (Lipinski definition) is 9. The Morgan fingerprint density at radius 2 is 1.84 bits per heavy atom. The van der Waals surface area contributed by atoms with E-state index in [0.717, 1.165) is 27.7 Å². The van der Waals surface area contributed by atoms with Crippen LogP contribution in [0.15, 0.2) is 47.3 Å².